The molecule has 0 saturated heterocycles. The number of esters is 1. The van der Waals surface area contributed by atoms with Gasteiger partial charge in [-0.3, -0.25) is 4.79 Å². The van der Waals surface area contributed by atoms with E-state index in [0.29, 0.717) is 28.2 Å². The Balaban J connectivity index is 2.11. The van der Waals surface area contributed by atoms with Crippen LogP contribution in [0, 0.1) is 6.92 Å². The summed E-state index contributed by atoms with van der Waals surface area (Å²) in [5, 5.41) is -0.0556. The van der Waals surface area contributed by atoms with E-state index in [2.05, 4.69) is 0 Å². The lowest BCUT2D eigenvalue weighted by molar-refractivity contribution is -0.133. The molecule has 0 aliphatic carbocycles. The van der Waals surface area contributed by atoms with Gasteiger partial charge in [-0.05, 0) is 49.2 Å². The van der Waals surface area contributed by atoms with Crippen LogP contribution in [0.15, 0.2) is 45.6 Å². The van der Waals surface area contributed by atoms with Crippen molar-refractivity contribution in [1.29, 1.82) is 0 Å². The molecule has 0 aliphatic heterocycles. The summed E-state index contributed by atoms with van der Waals surface area (Å²) in [5.74, 6) is 0.749. The molecule has 28 heavy (non-hydrogen) atoms. The number of halogens is 1. The molecule has 146 valence electrons. The van der Waals surface area contributed by atoms with Gasteiger partial charge >= 0.3 is 11.6 Å². The summed E-state index contributed by atoms with van der Waals surface area (Å²) in [6, 6.07) is 10.1. The molecule has 1 aromatic heterocycles. The van der Waals surface area contributed by atoms with Crippen molar-refractivity contribution in [3.63, 3.8) is 0 Å². The van der Waals surface area contributed by atoms with Crippen LogP contribution in [0.25, 0.3) is 22.1 Å². The molecule has 1 heterocycles. The molecule has 0 bridgehead atoms. The molecule has 1 unspecified atom stereocenters. The first-order valence-corrected chi connectivity index (χ1v) is 8.95. The third kappa shape index (κ3) is 3.68. The lowest BCUT2D eigenvalue weighted by Crippen LogP contribution is -2.17. The molecular weight excluding hydrogens is 384 g/mol. The second kappa shape index (κ2) is 7.94. The lowest BCUT2D eigenvalue weighted by atomic mass is 9.99. The van der Waals surface area contributed by atoms with Crippen molar-refractivity contribution < 1.29 is 23.4 Å². The van der Waals surface area contributed by atoms with Crippen molar-refractivity contribution in [3.05, 3.63) is 52.4 Å². The van der Waals surface area contributed by atoms with Gasteiger partial charge in [-0.25, -0.2) is 4.79 Å². The van der Waals surface area contributed by atoms with E-state index in [9.17, 15) is 9.59 Å². The van der Waals surface area contributed by atoms with Gasteiger partial charge in [0.05, 0.1) is 19.8 Å². The third-order valence-corrected chi connectivity index (χ3v) is 4.53. The molecule has 6 nitrogen and oxygen atoms in total. The summed E-state index contributed by atoms with van der Waals surface area (Å²) >= 11 is 5.71. The third-order valence-electron chi connectivity index (χ3n) is 4.35. The minimum absolute atomic E-state index is 0.256. The summed E-state index contributed by atoms with van der Waals surface area (Å²) in [4.78, 5) is 24.3. The zero-order chi connectivity index (χ0) is 20.4. The zero-order valence-electron chi connectivity index (χ0n) is 15.9. The molecule has 1 atom stereocenters. The summed E-state index contributed by atoms with van der Waals surface area (Å²) < 4.78 is 21.2. The Hall–Kier alpha value is -2.99. The second-order valence-electron chi connectivity index (χ2n) is 6.15. The normalized spacial score (nSPS) is 11.9. The Morgan fingerprint density at radius 2 is 1.79 bits per heavy atom. The minimum Gasteiger partial charge on any atom is -0.493 e. The van der Waals surface area contributed by atoms with E-state index in [1.54, 1.807) is 37.4 Å². The monoisotopic (exact) mass is 402 g/mol. The van der Waals surface area contributed by atoms with Crippen LogP contribution in [0.4, 0.5) is 0 Å². The van der Waals surface area contributed by atoms with Crippen LogP contribution in [0.2, 0.25) is 0 Å². The molecule has 2 aromatic carbocycles. The van der Waals surface area contributed by atoms with E-state index in [-0.39, 0.29) is 5.75 Å². The molecule has 0 spiro atoms. The van der Waals surface area contributed by atoms with Crippen molar-refractivity contribution in [2.24, 2.45) is 0 Å². The number of ether oxygens (including phenoxy) is 3. The van der Waals surface area contributed by atoms with Crippen LogP contribution >= 0.6 is 11.6 Å². The fourth-order valence-corrected chi connectivity index (χ4v) is 2.97. The number of benzene rings is 2. The smallest absolute Gasteiger partial charge is 0.344 e. The molecule has 0 aliphatic rings. The molecule has 0 saturated carbocycles. The Labute approximate surface area is 166 Å². The topological polar surface area (TPSA) is 75.0 Å². The number of rotatable bonds is 5. The SMILES string of the molecule is COc1ccc(-c2c(C)c3ccc(OC(=O)C(C)Cl)cc3oc2=O)cc1OC. The average Bonchev–Trinajstić information content (AvgIpc) is 2.67. The minimum atomic E-state index is -0.781. The van der Waals surface area contributed by atoms with E-state index in [1.807, 2.05) is 6.92 Å². The molecule has 0 N–H and O–H groups in total. The summed E-state index contributed by atoms with van der Waals surface area (Å²) in [5.41, 5.74) is 1.62. The van der Waals surface area contributed by atoms with Gasteiger partial charge in [-0.1, -0.05) is 6.07 Å². The molecule has 7 heteroatoms. The fraction of sp³-hybridized carbons (Fsp3) is 0.238. The van der Waals surface area contributed by atoms with Gasteiger partial charge in [0, 0.05) is 11.5 Å². The highest BCUT2D eigenvalue weighted by Crippen LogP contribution is 2.34. The van der Waals surface area contributed by atoms with E-state index < -0.39 is 17.0 Å². The van der Waals surface area contributed by atoms with Crippen LogP contribution in [0.5, 0.6) is 17.2 Å². The number of hydrogen-bond acceptors (Lipinski definition) is 6. The first-order chi connectivity index (χ1) is 13.3. The molecule has 0 amide bonds. The van der Waals surface area contributed by atoms with E-state index >= 15 is 0 Å². The van der Waals surface area contributed by atoms with E-state index in [0.717, 1.165) is 10.9 Å². The Kier molecular flexibility index (Phi) is 5.61. The number of methoxy groups -OCH3 is 2. The molecule has 0 radical (unpaired) electrons. The molecule has 0 fully saturated rings. The highest BCUT2D eigenvalue weighted by Gasteiger charge is 2.17. The lowest BCUT2D eigenvalue weighted by Gasteiger charge is -2.12. The predicted octanol–water partition coefficient (Wildman–Crippen LogP) is 4.32. The van der Waals surface area contributed by atoms with Crippen molar-refractivity contribution in [1.82, 2.24) is 0 Å². The van der Waals surface area contributed by atoms with Crippen LogP contribution < -0.4 is 19.8 Å². The predicted molar refractivity (Wildman–Crippen MR) is 107 cm³/mol. The van der Waals surface area contributed by atoms with Gasteiger partial charge in [0.25, 0.3) is 0 Å². The average molecular weight is 403 g/mol. The standard InChI is InChI=1S/C21H19ClO6/c1-11-15-7-6-14(27-20(23)12(2)22)10-17(15)28-21(24)19(11)13-5-8-16(25-3)18(9-13)26-4/h5-10,12H,1-4H3. The van der Waals surface area contributed by atoms with Gasteiger partial charge in [-0.2, -0.15) is 0 Å². The van der Waals surface area contributed by atoms with E-state index in [1.165, 1.54) is 20.1 Å². The maximum atomic E-state index is 12.7. The molecule has 3 aromatic rings. The van der Waals surface area contributed by atoms with Gasteiger partial charge in [0.15, 0.2) is 11.5 Å². The number of fused-ring (bicyclic) bond motifs is 1. The maximum absolute atomic E-state index is 12.7. The second-order valence-corrected chi connectivity index (χ2v) is 6.81. The van der Waals surface area contributed by atoms with Crippen molar-refractivity contribution in [3.8, 4) is 28.4 Å². The summed E-state index contributed by atoms with van der Waals surface area (Å²) in [6.07, 6.45) is 0. The first-order valence-electron chi connectivity index (χ1n) is 8.51. The van der Waals surface area contributed by atoms with E-state index in [4.69, 9.17) is 30.2 Å². The molecule has 3 rings (SSSR count). The Morgan fingerprint density at radius 1 is 1.07 bits per heavy atom. The maximum Gasteiger partial charge on any atom is 0.344 e. The van der Waals surface area contributed by atoms with Crippen LogP contribution in [-0.2, 0) is 4.79 Å². The molecular formula is C21H19ClO6. The van der Waals surface area contributed by atoms with Gasteiger partial charge in [0.1, 0.15) is 16.7 Å². The largest absolute Gasteiger partial charge is 0.493 e. The number of carbonyl (C=O) groups is 1. The van der Waals surface area contributed by atoms with Gasteiger partial charge < -0.3 is 18.6 Å². The fourth-order valence-electron chi connectivity index (χ4n) is 2.92. The van der Waals surface area contributed by atoms with Crippen molar-refractivity contribution in [2.75, 3.05) is 14.2 Å². The zero-order valence-corrected chi connectivity index (χ0v) is 16.6. The van der Waals surface area contributed by atoms with Crippen LogP contribution in [-0.4, -0.2) is 25.6 Å². The summed E-state index contributed by atoms with van der Waals surface area (Å²) in [6.45, 7) is 3.35. The highest BCUT2D eigenvalue weighted by atomic mass is 35.5. The van der Waals surface area contributed by atoms with Gasteiger partial charge in [-0.15, -0.1) is 11.6 Å². The summed E-state index contributed by atoms with van der Waals surface area (Å²) in [7, 11) is 3.07. The number of alkyl halides is 1. The number of carbonyl (C=O) groups excluding carboxylic acids is 1. The van der Waals surface area contributed by atoms with Crippen LogP contribution in [0.1, 0.15) is 12.5 Å². The Morgan fingerprint density at radius 3 is 2.43 bits per heavy atom. The quantitative estimate of drug-likeness (QED) is 0.274. The number of hydrogen-bond donors (Lipinski definition) is 0. The van der Waals surface area contributed by atoms with Crippen LogP contribution in [0.3, 0.4) is 0 Å². The van der Waals surface area contributed by atoms with Crippen molar-refractivity contribution in [2.45, 2.75) is 19.2 Å². The number of aryl methyl sites for hydroxylation is 1. The first kappa shape index (κ1) is 19.8. The van der Waals surface area contributed by atoms with Crippen molar-refractivity contribution >= 4 is 28.5 Å². The van der Waals surface area contributed by atoms with Gasteiger partial charge in [0.2, 0.25) is 0 Å². The Bertz CT molecular complexity index is 1100. The highest BCUT2D eigenvalue weighted by molar-refractivity contribution is 6.29.